The Hall–Kier alpha value is -4.13. The van der Waals surface area contributed by atoms with Crippen molar-refractivity contribution in [3.63, 3.8) is 0 Å². The van der Waals surface area contributed by atoms with Crippen molar-refractivity contribution in [1.29, 1.82) is 0 Å². The van der Waals surface area contributed by atoms with E-state index in [1.807, 2.05) is 33.7 Å². The van der Waals surface area contributed by atoms with Crippen LogP contribution >= 0.6 is 23.2 Å². The molecule has 5 aromatic rings. The Morgan fingerprint density at radius 3 is 2.39 bits per heavy atom. The van der Waals surface area contributed by atoms with Crippen LogP contribution < -0.4 is 15.0 Å². The number of carbonyl (C=O) groups excluding carboxylic acids is 1. The number of ether oxygens (including phenoxy) is 1. The number of hydrogen-bond acceptors (Lipinski definition) is 6. The highest BCUT2D eigenvalue weighted by molar-refractivity contribution is 6.34. The molecule has 2 aromatic heterocycles. The number of anilines is 1. The van der Waals surface area contributed by atoms with E-state index in [1.54, 1.807) is 12.1 Å². The molecule has 1 aliphatic rings. The Labute approximate surface area is 271 Å². The molecule has 0 atom stereocenters. The maximum atomic E-state index is 14.0. The summed E-state index contributed by atoms with van der Waals surface area (Å²) < 4.78 is 62.9. The summed E-state index contributed by atoms with van der Waals surface area (Å²) in [6.07, 6.45) is -3.79. The van der Waals surface area contributed by atoms with Crippen molar-refractivity contribution < 1.29 is 27.1 Å². The number of halogens is 6. The minimum absolute atomic E-state index is 0.0535. The molecule has 0 radical (unpaired) electrons. The van der Waals surface area contributed by atoms with Crippen molar-refractivity contribution in [1.82, 2.24) is 24.6 Å². The summed E-state index contributed by atoms with van der Waals surface area (Å²) in [6, 6.07) is 14.9. The lowest BCUT2D eigenvalue weighted by Gasteiger charge is -2.29. The molecule has 1 saturated heterocycles. The van der Waals surface area contributed by atoms with Gasteiger partial charge >= 0.3 is 12.1 Å². The molecule has 14 heteroatoms. The second kappa shape index (κ2) is 12.6. The first kappa shape index (κ1) is 31.8. The molecule has 0 unspecified atom stereocenters. The summed E-state index contributed by atoms with van der Waals surface area (Å²) >= 11 is 12.8. The molecular weight excluding hydrogens is 647 g/mol. The number of nitrogens with zero attached hydrogens (tertiary/aromatic N) is 5. The molecule has 0 amide bonds. The number of piperazine rings is 1. The quantitative estimate of drug-likeness (QED) is 0.110. The van der Waals surface area contributed by atoms with Gasteiger partial charge in [0.25, 0.3) is 0 Å². The number of benzene rings is 3. The molecule has 1 fully saturated rings. The summed E-state index contributed by atoms with van der Waals surface area (Å²) in [4.78, 5) is 19.2. The summed E-state index contributed by atoms with van der Waals surface area (Å²) in [5, 5.41) is 7.45. The van der Waals surface area contributed by atoms with E-state index >= 15 is 0 Å². The number of hydrogen-bond donors (Lipinski definition) is 1. The van der Waals surface area contributed by atoms with Gasteiger partial charge in [-0.1, -0.05) is 55.2 Å². The van der Waals surface area contributed by atoms with Gasteiger partial charge in [-0.15, -0.1) is 0 Å². The molecule has 1 aliphatic heterocycles. The van der Waals surface area contributed by atoms with Crippen LogP contribution in [0.4, 0.5) is 23.5 Å². The minimum Gasteiger partial charge on any atom is -0.417 e. The van der Waals surface area contributed by atoms with Crippen LogP contribution in [0.5, 0.6) is 5.75 Å². The molecule has 6 rings (SSSR count). The van der Waals surface area contributed by atoms with Crippen LogP contribution in [0.1, 0.15) is 30.9 Å². The average molecular weight is 676 g/mol. The second-order valence-electron chi connectivity index (χ2n) is 11.2. The summed E-state index contributed by atoms with van der Waals surface area (Å²) in [7, 11) is 0. The second-order valence-corrected chi connectivity index (χ2v) is 12.0. The van der Waals surface area contributed by atoms with E-state index in [9.17, 15) is 22.4 Å². The first-order valence-corrected chi connectivity index (χ1v) is 15.2. The maximum Gasteiger partial charge on any atom is 0.491 e. The van der Waals surface area contributed by atoms with Crippen LogP contribution in [0.25, 0.3) is 28.0 Å². The van der Waals surface area contributed by atoms with E-state index in [0.29, 0.717) is 54.6 Å². The molecular formula is C32H28Cl2F4N6O2. The lowest BCUT2D eigenvalue weighted by molar-refractivity contribution is -0.189. The molecule has 0 spiro atoms. The number of nitrogens with one attached hydrogen (secondary N) is 1. The fourth-order valence-corrected chi connectivity index (χ4v) is 5.91. The van der Waals surface area contributed by atoms with E-state index in [0.717, 1.165) is 5.56 Å². The SMILES string of the molecule is CC(C)c1ccc(-n2nccc2-c2c(OC(=O)C(F)(F)F)c(Cl)cc3c2nc(N2CCNCC2)n3Cc2ccc(F)c(Cl)c2)cc1. The van der Waals surface area contributed by atoms with Gasteiger partial charge in [0.1, 0.15) is 11.3 Å². The van der Waals surface area contributed by atoms with Crippen LogP contribution in [0.3, 0.4) is 0 Å². The van der Waals surface area contributed by atoms with Gasteiger partial charge in [0.15, 0.2) is 5.75 Å². The van der Waals surface area contributed by atoms with Crippen molar-refractivity contribution in [3.8, 4) is 22.7 Å². The van der Waals surface area contributed by atoms with Gasteiger partial charge in [-0.05, 0) is 53.4 Å². The number of fused-ring (bicyclic) bond motifs is 1. The highest BCUT2D eigenvalue weighted by Crippen LogP contribution is 2.45. The highest BCUT2D eigenvalue weighted by atomic mass is 35.5. The number of aromatic nitrogens is 4. The Morgan fingerprint density at radius 1 is 1.02 bits per heavy atom. The van der Waals surface area contributed by atoms with E-state index in [-0.39, 0.29) is 33.6 Å². The zero-order valence-electron chi connectivity index (χ0n) is 24.7. The molecule has 46 heavy (non-hydrogen) atoms. The first-order chi connectivity index (χ1) is 21.9. The predicted octanol–water partition coefficient (Wildman–Crippen LogP) is 7.38. The van der Waals surface area contributed by atoms with E-state index in [2.05, 4.69) is 24.3 Å². The standard InChI is InChI=1S/C32H28Cl2F4N6O2/c1-18(2)20-4-6-21(7-5-20)44-25(9-10-40-44)27-28-26(16-23(34)29(27)46-30(45)32(36,37)38)43(17-19-3-8-24(35)22(33)15-19)31(41-28)42-13-11-39-12-14-42/h3-10,15-16,18,39H,11-14,17H2,1-2H3. The zero-order valence-corrected chi connectivity index (χ0v) is 26.2. The van der Waals surface area contributed by atoms with Crippen LogP contribution in [0.15, 0.2) is 60.8 Å². The molecule has 240 valence electrons. The number of esters is 1. The normalized spacial score (nSPS) is 14.0. The van der Waals surface area contributed by atoms with Crippen LogP contribution in [-0.2, 0) is 11.3 Å². The van der Waals surface area contributed by atoms with Crippen molar-refractivity contribution >= 4 is 46.2 Å². The van der Waals surface area contributed by atoms with E-state index < -0.39 is 23.7 Å². The summed E-state index contributed by atoms with van der Waals surface area (Å²) in [6.45, 7) is 6.83. The molecule has 0 saturated carbocycles. The lowest BCUT2D eigenvalue weighted by atomic mass is 10.0. The molecule has 3 aromatic carbocycles. The highest BCUT2D eigenvalue weighted by Gasteiger charge is 2.42. The minimum atomic E-state index is -5.28. The van der Waals surface area contributed by atoms with Crippen molar-refractivity contribution in [2.24, 2.45) is 0 Å². The van der Waals surface area contributed by atoms with Gasteiger partial charge in [-0.25, -0.2) is 18.9 Å². The average Bonchev–Trinajstić information content (AvgIpc) is 3.64. The van der Waals surface area contributed by atoms with Crippen molar-refractivity contribution in [3.05, 3.63) is 87.8 Å². The Morgan fingerprint density at radius 2 is 1.74 bits per heavy atom. The predicted molar refractivity (Wildman–Crippen MR) is 169 cm³/mol. The smallest absolute Gasteiger partial charge is 0.417 e. The van der Waals surface area contributed by atoms with E-state index in [1.165, 1.54) is 29.1 Å². The molecule has 0 aliphatic carbocycles. The van der Waals surface area contributed by atoms with Crippen LogP contribution in [0.2, 0.25) is 10.0 Å². The van der Waals surface area contributed by atoms with Crippen molar-refractivity contribution in [2.75, 3.05) is 31.1 Å². The van der Waals surface area contributed by atoms with Crippen LogP contribution in [-0.4, -0.2) is 57.7 Å². The van der Waals surface area contributed by atoms with Gasteiger partial charge in [0.05, 0.1) is 45.2 Å². The molecule has 0 bridgehead atoms. The van der Waals surface area contributed by atoms with Gasteiger partial charge < -0.3 is 19.5 Å². The largest absolute Gasteiger partial charge is 0.491 e. The van der Waals surface area contributed by atoms with Gasteiger partial charge in [0.2, 0.25) is 5.95 Å². The Kier molecular flexibility index (Phi) is 8.70. The number of rotatable bonds is 7. The third-order valence-corrected chi connectivity index (χ3v) is 8.36. The third kappa shape index (κ3) is 6.16. The van der Waals surface area contributed by atoms with Gasteiger partial charge in [-0.3, -0.25) is 0 Å². The maximum absolute atomic E-state index is 14.0. The fraction of sp³-hybridized carbons (Fsp3) is 0.281. The first-order valence-electron chi connectivity index (χ1n) is 14.5. The number of carbonyl (C=O) groups is 1. The monoisotopic (exact) mass is 674 g/mol. The number of alkyl halides is 3. The van der Waals surface area contributed by atoms with Crippen LogP contribution in [0, 0.1) is 5.82 Å². The van der Waals surface area contributed by atoms with Crippen molar-refractivity contribution in [2.45, 2.75) is 32.5 Å². The number of imidazole rings is 1. The summed E-state index contributed by atoms with van der Waals surface area (Å²) in [5.41, 5.74) is 3.40. The zero-order chi connectivity index (χ0) is 32.7. The molecule has 8 nitrogen and oxygen atoms in total. The third-order valence-electron chi connectivity index (χ3n) is 7.78. The van der Waals surface area contributed by atoms with Gasteiger partial charge in [0, 0.05) is 26.2 Å². The Bertz CT molecular complexity index is 1910. The Balaban J connectivity index is 1.61. The topological polar surface area (TPSA) is 77.2 Å². The fourth-order valence-electron chi connectivity index (χ4n) is 5.47. The lowest BCUT2D eigenvalue weighted by Crippen LogP contribution is -2.44. The molecule has 3 heterocycles. The summed E-state index contributed by atoms with van der Waals surface area (Å²) in [5.74, 6) is -2.72. The van der Waals surface area contributed by atoms with E-state index in [4.69, 9.17) is 32.9 Å². The molecule has 1 N–H and O–H groups in total. The van der Waals surface area contributed by atoms with Gasteiger partial charge in [-0.2, -0.15) is 18.3 Å².